The van der Waals surface area contributed by atoms with Crippen LogP contribution in [0, 0.1) is 23.3 Å². The highest BCUT2D eigenvalue weighted by Crippen LogP contribution is 2.40. The van der Waals surface area contributed by atoms with Gasteiger partial charge in [0.15, 0.2) is 23.3 Å². The first kappa shape index (κ1) is 30.5. The largest absolute Gasteiger partial charge is 0.508 e. The number of nitrogens with zero attached hydrogens (tertiary/aromatic N) is 2. The number of aromatic nitrogens is 4. The fourth-order valence-corrected chi connectivity index (χ4v) is 6.89. The minimum atomic E-state index is -1.51. The van der Waals surface area contributed by atoms with Crippen LogP contribution in [0.4, 0.5) is 17.6 Å². The molecule has 0 saturated heterocycles. The second kappa shape index (κ2) is 12.3. The summed E-state index contributed by atoms with van der Waals surface area (Å²) in [5, 5.41) is 9.89. The number of aromatic hydroxyl groups is 1. The van der Waals surface area contributed by atoms with Crippen molar-refractivity contribution in [2.75, 3.05) is 0 Å². The van der Waals surface area contributed by atoms with Crippen molar-refractivity contribution in [2.24, 2.45) is 0 Å². The molecule has 5 nitrogen and oxygen atoms in total. The Kier molecular flexibility index (Phi) is 7.64. The first-order valence-corrected chi connectivity index (χ1v) is 16.2. The van der Waals surface area contributed by atoms with E-state index in [1.807, 2.05) is 36.4 Å². The Morgan fingerprint density at radius 2 is 1.12 bits per heavy atom. The molecular formula is C39H24F4N4OS. The van der Waals surface area contributed by atoms with Crippen LogP contribution >= 0.6 is 11.8 Å². The highest BCUT2D eigenvalue weighted by Gasteiger charge is 2.29. The zero-order valence-electron chi connectivity index (χ0n) is 25.4. The molecule has 0 amide bonds. The van der Waals surface area contributed by atoms with E-state index in [2.05, 4.69) is 15.0 Å². The minimum absolute atomic E-state index is 0.116. The van der Waals surface area contributed by atoms with E-state index in [9.17, 15) is 5.11 Å². The number of nitrogens with one attached hydrogen (secondary N) is 2. The summed E-state index contributed by atoms with van der Waals surface area (Å²) in [5.41, 5.74) is 5.40. The Morgan fingerprint density at radius 3 is 1.71 bits per heavy atom. The molecule has 8 rings (SSSR count). The van der Waals surface area contributed by atoms with Gasteiger partial charge in [-0.05, 0) is 84.0 Å². The summed E-state index contributed by atoms with van der Waals surface area (Å²) in [6.45, 7) is 0. The number of aromatic amines is 2. The SMILES string of the molecule is Oc1ccc(-c2c3nc(cc4ccc([nH]4)c(-c4c(F)c(F)c(SCc5ccccc5)c(F)c4F)c4nc(cc5ccc2[nH]5)C=C4)C=C3)cc1. The van der Waals surface area contributed by atoms with Crippen molar-refractivity contribution in [1.29, 1.82) is 0 Å². The van der Waals surface area contributed by atoms with Crippen LogP contribution in [0.2, 0.25) is 0 Å². The Hall–Kier alpha value is -5.87. The number of benzene rings is 3. The number of hydrogen-bond donors (Lipinski definition) is 3. The van der Waals surface area contributed by atoms with Gasteiger partial charge in [-0.2, -0.15) is 0 Å². The number of phenolic OH excluding ortho intramolecular Hbond substituents is 1. The van der Waals surface area contributed by atoms with E-state index in [0.29, 0.717) is 39.9 Å². The van der Waals surface area contributed by atoms with E-state index in [-0.39, 0.29) is 28.3 Å². The quantitative estimate of drug-likeness (QED) is 0.0966. The van der Waals surface area contributed by atoms with E-state index in [0.717, 1.165) is 22.2 Å². The third-order valence-corrected chi connectivity index (χ3v) is 9.38. The second-order valence-corrected chi connectivity index (χ2v) is 12.5. The summed E-state index contributed by atoms with van der Waals surface area (Å²) in [6, 6.07) is 26.2. The molecule has 0 atom stereocenters. The van der Waals surface area contributed by atoms with Crippen molar-refractivity contribution >= 4 is 58.1 Å². The van der Waals surface area contributed by atoms with Gasteiger partial charge in [0.05, 0.1) is 33.2 Å². The standard InChI is InChI=1S/C39H24F4N4OS/c40-35-34(36(41)38(43)39(37(35)42)49-20-21-4-2-1-3-5-21)33-30-16-10-25(46-30)18-23-8-14-28(44-23)32(22-6-12-27(48)13-7-22)29-15-9-24(45-29)19-26-11-17-31(33)47-26/h1-19,44,47-48H,20H2. The topological polar surface area (TPSA) is 77.6 Å². The summed E-state index contributed by atoms with van der Waals surface area (Å²) in [4.78, 5) is 15.3. The molecule has 5 heterocycles. The molecular weight excluding hydrogens is 649 g/mol. The second-order valence-electron chi connectivity index (χ2n) is 11.5. The average molecular weight is 673 g/mol. The molecule has 0 radical (unpaired) electrons. The molecule has 0 aliphatic carbocycles. The molecule has 0 saturated carbocycles. The zero-order chi connectivity index (χ0) is 33.6. The van der Waals surface area contributed by atoms with Gasteiger partial charge in [0.25, 0.3) is 0 Å². The summed E-state index contributed by atoms with van der Waals surface area (Å²) in [6.07, 6.45) is 6.91. The highest BCUT2D eigenvalue weighted by molar-refractivity contribution is 7.98. The Bertz CT molecular complexity index is 2470. The lowest BCUT2D eigenvalue weighted by atomic mass is 10.0. The fourth-order valence-electron chi connectivity index (χ4n) is 5.96. The first-order chi connectivity index (χ1) is 23.8. The van der Waals surface area contributed by atoms with E-state index >= 15 is 17.6 Å². The highest BCUT2D eigenvalue weighted by atomic mass is 32.2. The van der Waals surface area contributed by atoms with Gasteiger partial charge in [0, 0.05) is 38.9 Å². The molecule has 49 heavy (non-hydrogen) atoms. The van der Waals surface area contributed by atoms with Crippen LogP contribution in [-0.2, 0) is 5.75 Å². The minimum Gasteiger partial charge on any atom is -0.508 e. The third-order valence-electron chi connectivity index (χ3n) is 8.25. The molecule has 3 aromatic heterocycles. The van der Waals surface area contributed by atoms with Crippen molar-refractivity contribution in [1.82, 2.24) is 19.9 Å². The van der Waals surface area contributed by atoms with Crippen molar-refractivity contribution < 1.29 is 22.7 Å². The molecule has 0 fully saturated rings. The normalized spacial score (nSPS) is 12.2. The van der Waals surface area contributed by atoms with Crippen LogP contribution < -0.4 is 0 Å². The number of hydrogen-bond acceptors (Lipinski definition) is 4. The van der Waals surface area contributed by atoms with Gasteiger partial charge in [-0.15, -0.1) is 11.8 Å². The van der Waals surface area contributed by atoms with Crippen LogP contribution in [0.25, 0.3) is 68.6 Å². The molecule has 6 aromatic rings. The molecule has 8 bridgehead atoms. The van der Waals surface area contributed by atoms with Gasteiger partial charge in [0.2, 0.25) is 0 Å². The number of H-pyrrole nitrogens is 2. The molecule has 0 spiro atoms. The molecule has 240 valence electrons. The maximum absolute atomic E-state index is 16.0. The maximum Gasteiger partial charge on any atom is 0.176 e. The van der Waals surface area contributed by atoms with Crippen LogP contribution in [0.5, 0.6) is 5.75 Å². The third kappa shape index (κ3) is 5.70. The number of rotatable bonds is 5. The van der Waals surface area contributed by atoms with E-state index in [4.69, 9.17) is 4.98 Å². The lowest BCUT2D eigenvalue weighted by Gasteiger charge is -2.13. The zero-order valence-corrected chi connectivity index (χ0v) is 26.3. The monoisotopic (exact) mass is 672 g/mol. The fraction of sp³-hybridized carbons (Fsp3) is 0.0256. The summed E-state index contributed by atoms with van der Waals surface area (Å²) in [7, 11) is 0. The van der Waals surface area contributed by atoms with Gasteiger partial charge in [-0.25, -0.2) is 27.5 Å². The summed E-state index contributed by atoms with van der Waals surface area (Å²) < 4.78 is 63.3. The van der Waals surface area contributed by atoms with Gasteiger partial charge < -0.3 is 15.1 Å². The molecule has 10 heteroatoms. The number of thioether (sulfide) groups is 1. The molecule has 0 unspecified atom stereocenters. The number of halogens is 4. The van der Waals surface area contributed by atoms with Gasteiger partial charge in [-0.1, -0.05) is 42.5 Å². The molecule has 2 aliphatic heterocycles. The smallest absolute Gasteiger partial charge is 0.176 e. The summed E-state index contributed by atoms with van der Waals surface area (Å²) >= 11 is 0.688. The Balaban J connectivity index is 1.35. The lowest BCUT2D eigenvalue weighted by Crippen LogP contribution is -2.04. The van der Waals surface area contributed by atoms with E-state index in [1.165, 1.54) is 0 Å². The predicted octanol–water partition coefficient (Wildman–Crippen LogP) is 10.5. The van der Waals surface area contributed by atoms with Gasteiger partial charge in [0.1, 0.15) is 5.75 Å². The van der Waals surface area contributed by atoms with Gasteiger partial charge >= 0.3 is 0 Å². The van der Waals surface area contributed by atoms with E-state index in [1.54, 1.807) is 78.9 Å². The Morgan fingerprint density at radius 1 is 0.571 bits per heavy atom. The molecule has 3 N–H and O–H groups in total. The average Bonchev–Trinajstić information content (AvgIpc) is 3.94. The van der Waals surface area contributed by atoms with E-state index < -0.39 is 33.7 Å². The van der Waals surface area contributed by atoms with Crippen LogP contribution in [-0.4, -0.2) is 25.0 Å². The van der Waals surface area contributed by atoms with Crippen molar-refractivity contribution in [3.8, 4) is 28.0 Å². The van der Waals surface area contributed by atoms with Crippen molar-refractivity contribution in [3.05, 3.63) is 143 Å². The number of fused-ring (bicyclic) bond motifs is 8. The maximum atomic E-state index is 16.0. The van der Waals surface area contributed by atoms with Crippen LogP contribution in [0.3, 0.4) is 0 Å². The van der Waals surface area contributed by atoms with Crippen molar-refractivity contribution in [2.45, 2.75) is 10.6 Å². The Labute approximate surface area is 281 Å². The van der Waals surface area contributed by atoms with Crippen LogP contribution in [0.1, 0.15) is 28.3 Å². The van der Waals surface area contributed by atoms with Crippen LogP contribution in [0.15, 0.2) is 95.9 Å². The molecule has 3 aromatic carbocycles. The van der Waals surface area contributed by atoms with Gasteiger partial charge in [-0.3, -0.25) is 0 Å². The van der Waals surface area contributed by atoms with Crippen molar-refractivity contribution in [3.63, 3.8) is 0 Å². The predicted molar refractivity (Wildman–Crippen MR) is 187 cm³/mol. The molecule has 2 aliphatic rings. The lowest BCUT2D eigenvalue weighted by molar-refractivity contribution is 0.430. The first-order valence-electron chi connectivity index (χ1n) is 15.2. The summed E-state index contributed by atoms with van der Waals surface area (Å²) in [5.74, 6) is -5.71. The number of phenols is 1.